The number of alkyl halides is 2. The lowest BCUT2D eigenvalue weighted by Crippen LogP contribution is -2.22. The SMILES string of the molecule is CCN(Cc1nc(-c2ccccc2OC(F)F)no1)Cc1ccccc1Cl. The van der Waals surface area contributed by atoms with E-state index < -0.39 is 6.61 Å². The second-order valence-electron chi connectivity index (χ2n) is 5.78. The normalized spacial score (nSPS) is 11.3. The molecule has 0 amide bonds. The van der Waals surface area contributed by atoms with Crippen LogP contribution in [0.25, 0.3) is 11.4 Å². The van der Waals surface area contributed by atoms with Crippen molar-refractivity contribution in [1.82, 2.24) is 15.0 Å². The van der Waals surface area contributed by atoms with E-state index in [9.17, 15) is 8.78 Å². The Balaban J connectivity index is 1.75. The van der Waals surface area contributed by atoms with Crippen LogP contribution in [0.3, 0.4) is 0 Å². The van der Waals surface area contributed by atoms with Crippen molar-refractivity contribution in [2.75, 3.05) is 6.54 Å². The van der Waals surface area contributed by atoms with E-state index in [2.05, 4.69) is 19.8 Å². The van der Waals surface area contributed by atoms with Gasteiger partial charge in [0.1, 0.15) is 5.75 Å². The van der Waals surface area contributed by atoms with Gasteiger partial charge in [-0.2, -0.15) is 13.8 Å². The first-order valence-electron chi connectivity index (χ1n) is 8.39. The van der Waals surface area contributed by atoms with Gasteiger partial charge in [-0.15, -0.1) is 0 Å². The van der Waals surface area contributed by atoms with Crippen molar-refractivity contribution in [2.45, 2.75) is 26.6 Å². The van der Waals surface area contributed by atoms with Crippen molar-refractivity contribution in [3.8, 4) is 17.1 Å². The first-order chi connectivity index (χ1) is 13.1. The monoisotopic (exact) mass is 393 g/mol. The highest BCUT2D eigenvalue weighted by Gasteiger charge is 2.17. The van der Waals surface area contributed by atoms with E-state index in [1.165, 1.54) is 6.07 Å². The van der Waals surface area contributed by atoms with Crippen LogP contribution < -0.4 is 4.74 Å². The van der Waals surface area contributed by atoms with Gasteiger partial charge in [0, 0.05) is 11.6 Å². The molecule has 27 heavy (non-hydrogen) atoms. The molecule has 0 aliphatic carbocycles. The minimum absolute atomic E-state index is 0.00302. The van der Waals surface area contributed by atoms with Crippen molar-refractivity contribution in [2.24, 2.45) is 0 Å². The van der Waals surface area contributed by atoms with Gasteiger partial charge in [0.05, 0.1) is 12.1 Å². The maximum absolute atomic E-state index is 12.6. The number of ether oxygens (including phenoxy) is 1. The Morgan fingerprint density at radius 1 is 1.11 bits per heavy atom. The minimum atomic E-state index is -2.93. The van der Waals surface area contributed by atoms with Crippen molar-refractivity contribution in [3.63, 3.8) is 0 Å². The van der Waals surface area contributed by atoms with Gasteiger partial charge in [0.15, 0.2) is 0 Å². The minimum Gasteiger partial charge on any atom is -0.434 e. The summed E-state index contributed by atoms with van der Waals surface area (Å²) in [5.74, 6) is 0.587. The van der Waals surface area contributed by atoms with Crippen LogP contribution >= 0.6 is 11.6 Å². The second-order valence-corrected chi connectivity index (χ2v) is 6.19. The molecule has 1 heterocycles. The summed E-state index contributed by atoms with van der Waals surface area (Å²) in [6.45, 7) is 0.864. The molecular formula is C19H18ClF2N3O2. The van der Waals surface area contributed by atoms with Crippen LogP contribution in [-0.2, 0) is 13.1 Å². The Labute approximate surface area is 160 Å². The van der Waals surface area contributed by atoms with E-state index in [4.69, 9.17) is 16.1 Å². The van der Waals surface area contributed by atoms with Gasteiger partial charge in [0.2, 0.25) is 11.7 Å². The van der Waals surface area contributed by atoms with E-state index in [0.717, 1.165) is 12.1 Å². The van der Waals surface area contributed by atoms with Crippen LogP contribution in [0.5, 0.6) is 5.75 Å². The molecule has 3 rings (SSSR count). The van der Waals surface area contributed by atoms with Gasteiger partial charge in [-0.1, -0.05) is 54.0 Å². The highest BCUT2D eigenvalue weighted by molar-refractivity contribution is 6.31. The van der Waals surface area contributed by atoms with Gasteiger partial charge < -0.3 is 9.26 Å². The lowest BCUT2D eigenvalue weighted by molar-refractivity contribution is -0.0494. The average molecular weight is 394 g/mol. The largest absolute Gasteiger partial charge is 0.434 e. The zero-order valence-corrected chi connectivity index (χ0v) is 15.4. The predicted molar refractivity (Wildman–Crippen MR) is 97.6 cm³/mol. The molecule has 0 radical (unpaired) electrons. The summed E-state index contributed by atoms with van der Waals surface area (Å²) in [5, 5.41) is 4.60. The molecule has 0 aliphatic heterocycles. The number of hydrogen-bond donors (Lipinski definition) is 0. The molecule has 0 aliphatic rings. The first-order valence-corrected chi connectivity index (χ1v) is 8.77. The summed E-state index contributed by atoms with van der Waals surface area (Å²) >= 11 is 6.22. The maximum atomic E-state index is 12.6. The molecule has 2 aromatic carbocycles. The number of hydrogen-bond acceptors (Lipinski definition) is 5. The standard InChI is InChI=1S/C19H18ClF2N3O2/c1-2-25(11-13-7-3-5-9-15(13)20)12-17-23-18(24-27-17)14-8-4-6-10-16(14)26-19(21)22/h3-10,19H,2,11-12H2,1H3. The first kappa shape index (κ1) is 19.3. The summed E-state index contributed by atoms with van der Waals surface area (Å²) in [7, 11) is 0. The fourth-order valence-corrected chi connectivity index (χ4v) is 2.81. The predicted octanol–water partition coefficient (Wildman–Crippen LogP) is 5.01. The van der Waals surface area contributed by atoms with Crippen LogP contribution in [0, 0.1) is 0 Å². The average Bonchev–Trinajstić information content (AvgIpc) is 3.11. The van der Waals surface area contributed by atoms with Gasteiger partial charge in [-0.05, 0) is 30.3 Å². The Morgan fingerprint density at radius 3 is 2.59 bits per heavy atom. The van der Waals surface area contributed by atoms with Gasteiger partial charge in [0.25, 0.3) is 0 Å². The molecule has 0 N–H and O–H groups in total. The smallest absolute Gasteiger partial charge is 0.387 e. The number of para-hydroxylation sites is 1. The molecule has 0 saturated heterocycles. The fourth-order valence-electron chi connectivity index (χ4n) is 2.62. The topological polar surface area (TPSA) is 51.4 Å². The third kappa shape index (κ3) is 5.02. The lowest BCUT2D eigenvalue weighted by atomic mass is 10.2. The molecule has 0 atom stereocenters. The van der Waals surface area contributed by atoms with Crippen molar-refractivity contribution >= 4 is 11.6 Å². The molecule has 8 heteroatoms. The van der Waals surface area contributed by atoms with Crippen LogP contribution in [0.2, 0.25) is 5.02 Å². The Kier molecular flexibility index (Phi) is 6.36. The molecular weight excluding hydrogens is 376 g/mol. The summed E-state index contributed by atoms with van der Waals surface area (Å²) in [4.78, 5) is 6.41. The molecule has 0 saturated carbocycles. The number of aromatic nitrogens is 2. The van der Waals surface area contributed by atoms with E-state index in [1.54, 1.807) is 18.2 Å². The van der Waals surface area contributed by atoms with Gasteiger partial charge >= 0.3 is 6.61 Å². The Bertz CT molecular complexity index is 889. The van der Waals surface area contributed by atoms with Crippen LogP contribution in [0.15, 0.2) is 53.1 Å². The Hall–Kier alpha value is -2.51. The van der Waals surface area contributed by atoms with E-state index in [-0.39, 0.29) is 11.6 Å². The zero-order chi connectivity index (χ0) is 19.2. The second kappa shape index (κ2) is 8.92. The van der Waals surface area contributed by atoms with Crippen molar-refractivity contribution in [3.05, 3.63) is 65.0 Å². The van der Waals surface area contributed by atoms with Gasteiger partial charge in [-0.3, -0.25) is 4.90 Å². The molecule has 142 valence electrons. The molecule has 0 bridgehead atoms. The third-order valence-corrected chi connectivity index (χ3v) is 4.34. The Morgan fingerprint density at radius 2 is 1.85 bits per heavy atom. The van der Waals surface area contributed by atoms with E-state index in [1.807, 2.05) is 31.2 Å². The number of benzene rings is 2. The van der Waals surface area contributed by atoms with Crippen molar-refractivity contribution in [1.29, 1.82) is 0 Å². The molecule has 1 aromatic heterocycles. The highest BCUT2D eigenvalue weighted by atomic mass is 35.5. The molecule has 0 spiro atoms. The molecule has 0 unspecified atom stereocenters. The molecule has 3 aromatic rings. The molecule has 5 nitrogen and oxygen atoms in total. The van der Waals surface area contributed by atoms with Crippen LogP contribution in [0.4, 0.5) is 8.78 Å². The van der Waals surface area contributed by atoms with E-state index in [0.29, 0.717) is 29.6 Å². The van der Waals surface area contributed by atoms with Crippen molar-refractivity contribution < 1.29 is 18.0 Å². The van der Waals surface area contributed by atoms with Crippen LogP contribution in [0.1, 0.15) is 18.4 Å². The third-order valence-electron chi connectivity index (χ3n) is 3.97. The zero-order valence-electron chi connectivity index (χ0n) is 14.6. The fraction of sp³-hybridized carbons (Fsp3) is 0.263. The number of halogens is 3. The lowest BCUT2D eigenvalue weighted by Gasteiger charge is -2.18. The summed E-state index contributed by atoms with van der Waals surface area (Å²) < 4.78 is 35.0. The van der Waals surface area contributed by atoms with Gasteiger partial charge in [-0.25, -0.2) is 0 Å². The highest BCUT2D eigenvalue weighted by Crippen LogP contribution is 2.29. The number of rotatable bonds is 8. The number of nitrogens with zero attached hydrogens (tertiary/aromatic N) is 3. The summed E-state index contributed by atoms with van der Waals surface area (Å²) in [5.41, 5.74) is 1.35. The maximum Gasteiger partial charge on any atom is 0.387 e. The van der Waals surface area contributed by atoms with Crippen LogP contribution in [-0.4, -0.2) is 28.2 Å². The summed E-state index contributed by atoms with van der Waals surface area (Å²) in [6.07, 6.45) is 0. The quantitative estimate of drug-likeness (QED) is 0.538. The molecule has 0 fully saturated rings. The summed E-state index contributed by atoms with van der Waals surface area (Å²) in [6, 6.07) is 14.0. The van der Waals surface area contributed by atoms with E-state index >= 15 is 0 Å².